The third-order valence-corrected chi connectivity index (χ3v) is 13.5. The molecule has 0 aliphatic carbocycles. The van der Waals surface area contributed by atoms with Crippen molar-refractivity contribution in [2.45, 2.75) is 97.8 Å². The zero-order valence-electron chi connectivity index (χ0n) is 37.7. The Balaban J connectivity index is 1.25. The van der Waals surface area contributed by atoms with E-state index in [4.69, 9.17) is 4.42 Å². The lowest BCUT2D eigenvalue weighted by Gasteiger charge is -2.48. The van der Waals surface area contributed by atoms with Crippen molar-refractivity contribution in [2.24, 2.45) is 0 Å². The van der Waals surface area contributed by atoms with Crippen molar-refractivity contribution in [1.29, 1.82) is 0 Å². The zero-order chi connectivity index (χ0) is 42.8. The van der Waals surface area contributed by atoms with Crippen LogP contribution in [-0.4, -0.2) is 6.71 Å². The number of hydrogen-bond donors (Lipinski definition) is 0. The van der Waals surface area contributed by atoms with Crippen molar-refractivity contribution in [3.63, 3.8) is 0 Å². The standard InChI is InChI=1S/C57H57BN2O/c1-54(2,3)36-24-27-39(28-25-36)60-47-32-26-37(55(4,5)6)34-46(47)58-45-31-29-40(35-44(45)57(10,11)51-43(56(7,8)9)30-33-48(60)52(51)58)59(38-18-13-12-14-19-38)49-22-17-21-42-41-20-15-16-23-50(41)61-53(42)49/h12-35H,1-11H3. The fourth-order valence-corrected chi connectivity index (χ4v) is 10.4. The molecule has 61 heavy (non-hydrogen) atoms. The summed E-state index contributed by atoms with van der Waals surface area (Å²) in [5.41, 5.74) is 19.5. The molecule has 0 fully saturated rings. The van der Waals surface area contributed by atoms with Crippen LogP contribution >= 0.6 is 0 Å². The van der Waals surface area contributed by atoms with E-state index >= 15 is 0 Å². The van der Waals surface area contributed by atoms with Gasteiger partial charge in [0.15, 0.2) is 5.58 Å². The topological polar surface area (TPSA) is 19.6 Å². The second-order valence-corrected chi connectivity index (χ2v) is 21.1. The van der Waals surface area contributed by atoms with Gasteiger partial charge < -0.3 is 14.2 Å². The largest absolute Gasteiger partial charge is 0.454 e. The molecule has 1 aromatic heterocycles. The number of anilines is 6. The smallest absolute Gasteiger partial charge is 0.247 e. The molecule has 2 aliphatic rings. The summed E-state index contributed by atoms with van der Waals surface area (Å²) < 4.78 is 6.72. The van der Waals surface area contributed by atoms with E-state index in [0.29, 0.717) is 0 Å². The van der Waals surface area contributed by atoms with E-state index in [2.05, 4.69) is 232 Å². The third-order valence-electron chi connectivity index (χ3n) is 13.5. The molecule has 0 N–H and O–H groups in total. The number of benzene rings is 7. The number of fused-ring (bicyclic) bond motifs is 7. The minimum absolute atomic E-state index is 0.0148. The van der Waals surface area contributed by atoms with Crippen LogP contribution in [0.3, 0.4) is 0 Å². The van der Waals surface area contributed by atoms with Crippen LogP contribution in [0.1, 0.15) is 104 Å². The van der Waals surface area contributed by atoms with Crippen molar-refractivity contribution >= 4 is 79.2 Å². The molecule has 4 heteroatoms. The van der Waals surface area contributed by atoms with Crippen LogP contribution in [0.4, 0.5) is 34.1 Å². The molecular formula is C57H57BN2O. The Morgan fingerprint density at radius 3 is 1.90 bits per heavy atom. The van der Waals surface area contributed by atoms with Gasteiger partial charge in [-0.05, 0) is 116 Å². The highest BCUT2D eigenvalue weighted by Gasteiger charge is 2.48. The van der Waals surface area contributed by atoms with Gasteiger partial charge in [-0.2, -0.15) is 0 Å². The molecule has 0 radical (unpaired) electrons. The molecule has 3 heterocycles. The highest BCUT2D eigenvalue weighted by atomic mass is 16.3. The molecule has 0 bridgehead atoms. The Morgan fingerprint density at radius 2 is 1.20 bits per heavy atom. The van der Waals surface area contributed by atoms with Crippen molar-refractivity contribution < 1.29 is 4.42 Å². The second-order valence-electron chi connectivity index (χ2n) is 21.1. The first-order chi connectivity index (χ1) is 28.9. The first kappa shape index (κ1) is 39.2. The lowest BCUT2D eigenvalue weighted by Crippen LogP contribution is -2.64. The lowest BCUT2D eigenvalue weighted by molar-refractivity contribution is 0.552. The highest BCUT2D eigenvalue weighted by Crippen LogP contribution is 2.49. The SMILES string of the molecule is CC(C)(C)c1ccc(N2c3ccc(C(C)(C)C)cc3B3c4ccc(N(c5ccccc5)c5cccc6c5oc5ccccc56)cc4C(C)(C)c4c(C(C)(C)C)ccc2c43)cc1. The second kappa shape index (κ2) is 13.5. The quantitative estimate of drug-likeness (QED) is 0.165. The van der Waals surface area contributed by atoms with Gasteiger partial charge in [-0.15, -0.1) is 0 Å². The monoisotopic (exact) mass is 796 g/mol. The normalized spacial score (nSPS) is 14.5. The van der Waals surface area contributed by atoms with Gasteiger partial charge in [0.2, 0.25) is 6.71 Å². The van der Waals surface area contributed by atoms with Gasteiger partial charge in [-0.25, -0.2) is 0 Å². The molecule has 0 unspecified atom stereocenters. The average Bonchev–Trinajstić information content (AvgIpc) is 3.61. The van der Waals surface area contributed by atoms with Crippen LogP contribution in [0.5, 0.6) is 0 Å². The molecule has 304 valence electrons. The van der Waals surface area contributed by atoms with Crippen LogP contribution in [0.25, 0.3) is 21.9 Å². The molecule has 0 saturated carbocycles. The minimum Gasteiger partial charge on any atom is -0.454 e. The maximum Gasteiger partial charge on any atom is 0.247 e. The summed E-state index contributed by atoms with van der Waals surface area (Å²) in [5, 5.41) is 2.25. The summed E-state index contributed by atoms with van der Waals surface area (Å²) >= 11 is 0. The molecule has 0 amide bonds. The number of rotatable bonds is 4. The van der Waals surface area contributed by atoms with E-state index < -0.39 is 0 Å². The first-order valence-electron chi connectivity index (χ1n) is 22.1. The molecular weight excluding hydrogens is 739 g/mol. The van der Waals surface area contributed by atoms with Crippen LogP contribution in [-0.2, 0) is 21.7 Å². The van der Waals surface area contributed by atoms with Crippen molar-refractivity contribution in [2.75, 3.05) is 9.80 Å². The Labute approximate surface area is 363 Å². The Morgan fingerprint density at radius 1 is 0.541 bits per heavy atom. The molecule has 3 nitrogen and oxygen atoms in total. The third kappa shape index (κ3) is 6.16. The van der Waals surface area contributed by atoms with Gasteiger partial charge in [0.1, 0.15) is 5.58 Å². The lowest BCUT2D eigenvalue weighted by atomic mass is 9.29. The fraction of sp³-hybridized carbons (Fsp3) is 0.263. The maximum atomic E-state index is 6.72. The van der Waals surface area contributed by atoms with Crippen LogP contribution in [0, 0.1) is 0 Å². The fourth-order valence-electron chi connectivity index (χ4n) is 10.4. The summed E-state index contributed by atoms with van der Waals surface area (Å²) in [4.78, 5) is 4.95. The predicted molar refractivity (Wildman–Crippen MR) is 262 cm³/mol. The molecule has 7 aromatic carbocycles. The summed E-state index contributed by atoms with van der Waals surface area (Å²) in [6, 6.07) is 54.5. The predicted octanol–water partition coefficient (Wildman–Crippen LogP) is 13.9. The number of para-hydroxylation sites is 3. The summed E-state index contributed by atoms with van der Waals surface area (Å²) in [6.45, 7) is 26.0. The Bertz CT molecular complexity index is 3010. The van der Waals surface area contributed by atoms with Crippen LogP contribution in [0.15, 0.2) is 150 Å². The highest BCUT2D eigenvalue weighted by molar-refractivity contribution is 6.99. The molecule has 0 spiro atoms. The maximum absolute atomic E-state index is 6.72. The molecule has 0 atom stereocenters. The molecule has 10 rings (SSSR count). The molecule has 2 aliphatic heterocycles. The van der Waals surface area contributed by atoms with Gasteiger partial charge in [0, 0.05) is 44.6 Å². The van der Waals surface area contributed by atoms with Crippen LogP contribution < -0.4 is 26.2 Å². The van der Waals surface area contributed by atoms with Gasteiger partial charge in [-0.3, -0.25) is 0 Å². The number of furan rings is 1. The van der Waals surface area contributed by atoms with E-state index in [1.54, 1.807) is 0 Å². The number of nitrogens with zero attached hydrogens (tertiary/aromatic N) is 2. The van der Waals surface area contributed by atoms with E-state index in [1.807, 2.05) is 0 Å². The van der Waals surface area contributed by atoms with E-state index in [0.717, 1.165) is 39.0 Å². The van der Waals surface area contributed by atoms with Gasteiger partial charge >= 0.3 is 0 Å². The summed E-state index contributed by atoms with van der Waals surface area (Å²) in [7, 11) is 0. The van der Waals surface area contributed by atoms with Crippen LogP contribution in [0.2, 0.25) is 0 Å². The zero-order valence-corrected chi connectivity index (χ0v) is 37.7. The van der Waals surface area contributed by atoms with E-state index in [1.165, 1.54) is 61.3 Å². The summed E-state index contributed by atoms with van der Waals surface area (Å²) in [6.07, 6.45) is 0. The van der Waals surface area contributed by atoms with E-state index in [-0.39, 0.29) is 28.4 Å². The Hall–Kier alpha value is -6.00. The molecule has 0 saturated heterocycles. The van der Waals surface area contributed by atoms with Crippen molar-refractivity contribution in [3.05, 3.63) is 173 Å². The van der Waals surface area contributed by atoms with Gasteiger partial charge in [0.25, 0.3) is 0 Å². The van der Waals surface area contributed by atoms with Gasteiger partial charge in [0.05, 0.1) is 5.69 Å². The average molecular weight is 797 g/mol. The first-order valence-corrected chi connectivity index (χ1v) is 22.1. The minimum atomic E-state index is -0.329. The van der Waals surface area contributed by atoms with Gasteiger partial charge in [-0.1, -0.05) is 167 Å². The molecule has 8 aromatic rings. The van der Waals surface area contributed by atoms with E-state index in [9.17, 15) is 0 Å². The van der Waals surface area contributed by atoms with Crippen molar-refractivity contribution in [3.8, 4) is 0 Å². The van der Waals surface area contributed by atoms with Crippen molar-refractivity contribution in [1.82, 2.24) is 0 Å². The Kier molecular flexibility index (Phi) is 8.67. The number of hydrogen-bond acceptors (Lipinski definition) is 3. The summed E-state index contributed by atoms with van der Waals surface area (Å²) in [5.74, 6) is 0.